The van der Waals surface area contributed by atoms with Gasteiger partial charge in [-0.05, 0) is 31.1 Å². The number of likely N-dealkylation sites (tertiary alicyclic amines) is 1. The Balaban J connectivity index is 1.77. The van der Waals surface area contributed by atoms with E-state index in [4.69, 9.17) is 5.11 Å². The predicted octanol–water partition coefficient (Wildman–Crippen LogP) is 1.68. The summed E-state index contributed by atoms with van der Waals surface area (Å²) in [5.41, 5.74) is 0. The summed E-state index contributed by atoms with van der Waals surface area (Å²) in [4.78, 5) is 24.5. The molecule has 0 bridgehead atoms. The van der Waals surface area contributed by atoms with Crippen LogP contribution in [0.4, 0.5) is 4.79 Å². The molecular formula is C13H22N2O3. The summed E-state index contributed by atoms with van der Waals surface area (Å²) in [5, 5.41) is 11.8. The van der Waals surface area contributed by atoms with Gasteiger partial charge in [0.05, 0.1) is 0 Å². The van der Waals surface area contributed by atoms with Gasteiger partial charge in [0.1, 0.15) is 0 Å². The quantitative estimate of drug-likeness (QED) is 0.802. The third kappa shape index (κ3) is 3.37. The fourth-order valence-corrected chi connectivity index (χ4v) is 2.79. The average Bonchev–Trinajstić information content (AvgIpc) is 3.07. The molecule has 0 aromatic carbocycles. The second-order valence-electron chi connectivity index (χ2n) is 5.51. The first-order chi connectivity index (χ1) is 8.60. The van der Waals surface area contributed by atoms with Crippen molar-refractivity contribution in [1.29, 1.82) is 0 Å². The lowest BCUT2D eigenvalue weighted by molar-refractivity contribution is -0.138. The van der Waals surface area contributed by atoms with Crippen molar-refractivity contribution < 1.29 is 14.7 Å². The number of nitrogens with one attached hydrogen (secondary N) is 1. The number of piperidine rings is 1. The largest absolute Gasteiger partial charge is 0.481 e. The van der Waals surface area contributed by atoms with Crippen LogP contribution in [0.1, 0.15) is 39.0 Å². The normalized spacial score (nSPS) is 30.9. The fraction of sp³-hybridized carbons (Fsp3) is 0.846. The Kier molecular flexibility index (Phi) is 4.09. The Labute approximate surface area is 108 Å². The van der Waals surface area contributed by atoms with Crippen LogP contribution in [0.3, 0.4) is 0 Å². The van der Waals surface area contributed by atoms with E-state index in [0.29, 0.717) is 18.5 Å². The molecule has 1 saturated carbocycles. The number of aliphatic carboxylic acids is 1. The molecule has 18 heavy (non-hydrogen) atoms. The first kappa shape index (κ1) is 13.2. The molecule has 1 heterocycles. The van der Waals surface area contributed by atoms with E-state index in [-0.39, 0.29) is 18.4 Å². The van der Waals surface area contributed by atoms with E-state index in [1.165, 1.54) is 0 Å². The van der Waals surface area contributed by atoms with E-state index in [1.54, 1.807) is 4.90 Å². The summed E-state index contributed by atoms with van der Waals surface area (Å²) in [6.07, 6.45) is 4.20. The Morgan fingerprint density at radius 1 is 1.44 bits per heavy atom. The lowest BCUT2D eigenvalue weighted by Crippen LogP contribution is -2.46. The molecule has 0 radical (unpaired) electrons. The molecule has 3 unspecified atom stereocenters. The minimum atomic E-state index is -0.768. The molecule has 0 aromatic rings. The number of carbonyl (C=O) groups is 2. The van der Waals surface area contributed by atoms with Crippen LogP contribution in [-0.4, -0.2) is 41.1 Å². The standard InChI is InChI=1S/C13H22N2O3/c1-2-10-7-11(10)14-13(18)15-5-3-4-9(8-15)6-12(16)17/h9-11H,2-8H2,1H3,(H,14,18)(H,16,17). The van der Waals surface area contributed by atoms with Gasteiger partial charge in [-0.3, -0.25) is 4.79 Å². The van der Waals surface area contributed by atoms with E-state index in [2.05, 4.69) is 12.2 Å². The number of nitrogens with zero attached hydrogens (tertiary/aromatic N) is 1. The molecule has 0 spiro atoms. The van der Waals surface area contributed by atoms with Crippen molar-refractivity contribution in [2.75, 3.05) is 13.1 Å². The van der Waals surface area contributed by atoms with Gasteiger partial charge in [0.15, 0.2) is 0 Å². The van der Waals surface area contributed by atoms with E-state index in [1.807, 2.05) is 0 Å². The van der Waals surface area contributed by atoms with Gasteiger partial charge in [0.2, 0.25) is 0 Å². The smallest absolute Gasteiger partial charge is 0.317 e. The maximum atomic E-state index is 12.0. The minimum Gasteiger partial charge on any atom is -0.481 e. The van der Waals surface area contributed by atoms with E-state index >= 15 is 0 Å². The van der Waals surface area contributed by atoms with Gasteiger partial charge in [-0.15, -0.1) is 0 Å². The first-order valence-corrected chi connectivity index (χ1v) is 6.87. The molecule has 3 atom stereocenters. The second-order valence-corrected chi connectivity index (χ2v) is 5.51. The maximum Gasteiger partial charge on any atom is 0.317 e. The van der Waals surface area contributed by atoms with Crippen LogP contribution in [0.25, 0.3) is 0 Å². The molecule has 2 fully saturated rings. The summed E-state index contributed by atoms with van der Waals surface area (Å²) >= 11 is 0. The number of carboxylic acids is 1. The van der Waals surface area contributed by atoms with Gasteiger partial charge in [0.25, 0.3) is 0 Å². The molecule has 2 amide bonds. The van der Waals surface area contributed by atoms with Crippen LogP contribution in [0, 0.1) is 11.8 Å². The molecule has 1 saturated heterocycles. The molecule has 5 heteroatoms. The van der Waals surface area contributed by atoms with Crippen molar-refractivity contribution in [3.63, 3.8) is 0 Å². The molecule has 2 rings (SSSR count). The third-order valence-corrected chi connectivity index (χ3v) is 4.03. The summed E-state index contributed by atoms with van der Waals surface area (Å²) in [6, 6.07) is 0.341. The fourth-order valence-electron chi connectivity index (χ4n) is 2.79. The molecule has 5 nitrogen and oxygen atoms in total. The third-order valence-electron chi connectivity index (χ3n) is 4.03. The van der Waals surface area contributed by atoms with Crippen molar-refractivity contribution in [2.45, 2.75) is 45.1 Å². The van der Waals surface area contributed by atoms with Crippen LogP contribution < -0.4 is 5.32 Å². The Bertz CT molecular complexity index is 332. The van der Waals surface area contributed by atoms with E-state index in [9.17, 15) is 9.59 Å². The topological polar surface area (TPSA) is 69.6 Å². The number of rotatable bonds is 4. The van der Waals surface area contributed by atoms with Gasteiger partial charge < -0.3 is 15.3 Å². The number of urea groups is 1. The summed E-state index contributed by atoms with van der Waals surface area (Å²) in [7, 11) is 0. The monoisotopic (exact) mass is 254 g/mol. The molecule has 102 valence electrons. The first-order valence-electron chi connectivity index (χ1n) is 6.87. The summed E-state index contributed by atoms with van der Waals surface area (Å²) in [6.45, 7) is 3.48. The van der Waals surface area contributed by atoms with Crippen molar-refractivity contribution >= 4 is 12.0 Å². The molecular weight excluding hydrogens is 232 g/mol. The van der Waals surface area contributed by atoms with Crippen LogP contribution in [0.15, 0.2) is 0 Å². The Morgan fingerprint density at radius 3 is 2.83 bits per heavy atom. The zero-order valence-electron chi connectivity index (χ0n) is 10.9. The van der Waals surface area contributed by atoms with Gasteiger partial charge in [-0.1, -0.05) is 13.3 Å². The van der Waals surface area contributed by atoms with Gasteiger partial charge in [-0.25, -0.2) is 4.79 Å². The zero-order valence-corrected chi connectivity index (χ0v) is 10.9. The lowest BCUT2D eigenvalue weighted by atomic mass is 9.95. The average molecular weight is 254 g/mol. The van der Waals surface area contributed by atoms with Gasteiger partial charge >= 0.3 is 12.0 Å². The maximum absolute atomic E-state index is 12.0. The van der Waals surface area contributed by atoms with E-state index < -0.39 is 5.97 Å². The molecule has 2 N–H and O–H groups in total. The van der Waals surface area contributed by atoms with E-state index in [0.717, 1.165) is 32.2 Å². The molecule has 2 aliphatic rings. The van der Waals surface area contributed by atoms with Crippen LogP contribution in [0.5, 0.6) is 0 Å². The zero-order chi connectivity index (χ0) is 13.1. The Hall–Kier alpha value is -1.26. The number of hydrogen-bond donors (Lipinski definition) is 2. The number of carboxylic acid groups (broad SMARTS) is 1. The van der Waals surface area contributed by atoms with Gasteiger partial charge in [0, 0.05) is 25.6 Å². The second kappa shape index (κ2) is 5.59. The lowest BCUT2D eigenvalue weighted by Gasteiger charge is -2.32. The number of carbonyl (C=O) groups excluding carboxylic acids is 1. The van der Waals surface area contributed by atoms with Crippen LogP contribution in [-0.2, 0) is 4.79 Å². The number of hydrogen-bond acceptors (Lipinski definition) is 2. The predicted molar refractivity (Wildman–Crippen MR) is 67.3 cm³/mol. The number of amides is 2. The highest BCUT2D eigenvalue weighted by Crippen LogP contribution is 2.33. The SMILES string of the molecule is CCC1CC1NC(=O)N1CCCC(CC(=O)O)C1. The minimum absolute atomic E-state index is 0.00830. The molecule has 1 aliphatic carbocycles. The van der Waals surface area contributed by atoms with Crippen molar-refractivity contribution in [2.24, 2.45) is 11.8 Å². The highest BCUT2D eigenvalue weighted by molar-refractivity contribution is 5.75. The molecule has 0 aromatic heterocycles. The highest BCUT2D eigenvalue weighted by Gasteiger charge is 2.37. The van der Waals surface area contributed by atoms with Crippen molar-refractivity contribution in [3.05, 3.63) is 0 Å². The highest BCUT2D eigenvalue weighted by atomic mass is 16.4. The summed E-state index contributed by atoms with van der Waals surface area (Å²) < 4.78 is 0. The molecule has 1 aliphatic heterocycles. The summed E-state index contributed by atoms with van der Waals surface area (Å²) in [5.74, 6) is -0.00719. The van der Waals surface area contributed by atoms with Gasteiger partial charge in [-0.2, -0.15) is 0 Å². The van der Waals surface area contributed by atoms with Crippen LogP contribution >= 0.6 is 0 Å². The Morgan fingerprint density at radius 2 is 2.22 bits per heavy atom. The van der Waals surface area contributed by atoms with Crippen molar-refractivity contribution in [1.82, 2.24) is 10.2 Å². The van der Waals surface area contributed by atoms with Crippen molar-refractivity contribution in [3.8, 4) is 0 Å². The van der Waals surface area contributed by atoms with Crippen LogP contribution in [0.2, 0.25) is 0 Å².